The normalized spacial score (nSPS) is 33.9. The highest BCUT2D eigenvalue weighted by Gasteiger charge is 2.61. The van der Waals surface area contributed by atoms with Gasteiger partial charge < -0.3 is 10.6 Å². The quantitative estimate of drug-likeness (QED) is 0.869. The lowest BCUT2D eigenvalue weighted by atomic mass is 9.91. The van der Waals surface area contributed by atoms with Gasteiger partial charge in [-0.2, -0.15) is 0 Å². The number of hydrogen-bond acceptors (Lipinski definition) is 2. The maximum Gasteiger partial charge on any atom is 0.233 e. The Hall–Kier alpha value is -1.35. The molecule has 2 rings (SSSR count). The zero-order chi connectivity index (χ0) is 19.3. The molecule has 3 heteroatoms. The summed E-state index contributed by atoms with van der Waals surface area (Å²) in [7, 11) is 0. The van der Waals surface area contributed by atoms with Crippen LogP contribution in [0.25, 0.3) is 0 Å². The van der Waals surface area contributed by atoms with Gasteiger partial charge in [0, 0.05) is 22.6 Å². The van der Waals surface area contributed by atoms with Crippen LogP contribution in [0.15, 0.2) is 30.3 Å². The van der Waals surface area contributed by atoms with E-state index in [2.05, 4.69) is 0 Å². The summed E-state index contributed by atoms with van der Waals surface area (Å²) in [6.07, 6.45) is 0.104. The largest absolute Gasteiger partial charge is 0.342 e. The molecule has 1 aliphatic carbocycles. The van der Waals surface area contributed by atoms with Gasteiger partial charge in [-0.1, -0.05) is 30.3 Å². The maximum absolute atomic E-state index is 13.2. The minimum Gasteiger partial charge on any atom is -0.342 e. The predicted octanol–water partition coefficient (Wildman–Crippen LogP) is 1.77. The highest BCUT2D eigenvalue weighted by Crippen LogP contribution is 2.54. The van der Waals surface area contributed by atoms with E-state index in [9.17, 15) is 4.79 Å². The lowest BCUT2D eigenvalue weighted by molar-refractivity contribution is -0.134. The molecule has 18 heavy (non-hydrogen) atoms. The Morgan fingerprint density at radius 1 is 1.61 bits per heavy atom. The number of carbonyl (C=O) groups is 1. The van der Waals surface area contributed by atoms with E-state index < -0.39 is 37.1 Å². The molecule has 0 aromatic heterocycles. The van der Waals surface area contributed by atoms with E-state index in [0.29, 0.717) is 10.5 Å². The topological polar surface area (TPSA) is 46.3 Å². The molecule has 0 aliphatic heterocycles. The summed E-state index contributed by atoms with van der Waals surface area (Å²) in [6.45, 7) is -6.69. The molecule has 1 saturated carbocycles. The molecule has 0 heterocycles. The average molecular weight is 253 g/mol. The third kappa shape index (κ3) is 1.93. The van der Waals surface area contributed by atoms with Crippen molar-refractivity contribution < 1.29 is 14.4 Å². The predicted molar refractivity (Wildman–Crippen MR) is 73.2 cm³/mol. The van der Waals surface area contributed by atoms with E-state index >= 15 is 0 Å². The summed E-state index contributed by atoms with van der Waals surface area (Å²) in [5.74, 6) is -1.60. The molecule has 1 fully saturated rings. The van der Waals surface area contributed by atoms with Crippen molar-refractivity contribution in [3.8, 4) is 0 Å². The second-order valence-electron chi connectivity index (χ2n) is 4.42. The molecule has 2 atom stereocenters. The van der Waals surface area contributed by atoms with E-state index in [4.69, 9.17) is 15.3 Å². The fraction of sp³-hybridized carbons (Fsp3) is 0.533. The summed E-state index contributed by atoms with van der Waals surface area (Å²) in [4.78, 5) is 13.9. The third-order valence-corrected chi connectivity index (χ3v) is 3.53. The average Bonchev–Trinajstić information content (AvgIpc) is 3.24. The zero-order valence-corrected chi connectivity index (χ0v) is 10.3. The van der Waals surface area contributed by atoms with Gasteiger partial charge in [0.1, 0.15) is 0 Å². The number of rotatable bonds is 5. The molecule has 1 aromatic carbocycles. The van der Waals surface area contributed by atoms with Crippen LogP contribution in [0.3, 0.4) is 0 Å². The van der Waals surface area contributed by atoms with Crippen LogP contribution in [0.4, 0.5) is 0 Å². The molecule has 1 aromatic rings. The number of nitrogens with two attached hydrogens (primary N) is 1. The van der Waals surface area contributed by atoms with Crippen molar-refractivity contribution in [2.75, 3.05) is 19.5 Å². The summed E-state index contributed by atoms with van der Waals surface area (Å²) in [5.41, 5.74) is 4.75. The molecule has 0 bridgehead atoms. The number of amides is 1. The lowest BCUT2D eigenvalue weighted by Gasteiger charge is -2.26. The smallest absolute Gasteiger partial charge is 0.233 e. The Morgan fingerprint density at radius 2 is 2.33 bits per heavy atom. The Balaban J connectivity index is 2.51. The molecule has 0 unspecified atom stereocenters. The Kier molecular flexibility index (Phi) is 1.90. The van der Waals surface area contributed by atoms with Gasteiger partial charge in [-0.15, -0.1) is 0 Å². The molecule has 1 aliphatic rings. The van der Waals surface area contributed by atoms with E-state index in [1.54, 1.807) is 30.3 Å². The van der Waals surface area contributed by atoms with Crippen LogP contribution in [-0.2, 0) is 10.2 Å². The fourth-order valence-electron chi connectivity index (χ4n) is 2.39. The number of likely N-dealkylation sites (N-methyl/N-ethyl adjacent to an activating group) is 1. The zero-order valence-electron chi connectivity index (χ0n) is 17.3. The van der Waals surface area contributed by atoms with Gasteiger partial charge in [0.05, 0.1) is 5.41 Å². The summed E-state index contributed by atoms with van der Waals surface area (Å²) in [6, 6.07) is 8.45. The summed E-state index contributed by atoms with van der Waals surface area (Å²) >= 11 is 0. The van der Waals surface area contributed by atoms with Crippen LogP contribution in [0, 0.1) is 5.92 Å². The van der Waals surface area contributed by atoms with E-state index in [0.717, 1.165) is 0 Å². The molecule has 2 N–H and O–H groups in total. The molecule has 0 saturated heterocycles. The highest BCUT2D eigenvalue weighted by atomic mass is 16.2. The Bertz CT molecular complexity index is 642. The van der Waals surface area contributed by atoms with Crippen molar-refractivity contribution >= 4 is 5.91 Å². The van der Waals surface area contributed by atoms with Crippen LogP contribution in [0.2, 0.25) is 0 Å². The first-order chi connectivity index (χ1) is 11.3. The maximum atomic E-state index is 13.2. The van der Waals surface area contributed by atoms with Crippen LogP contribution in [0.1, 0.15) is 35.4 Å². The highest BCUT2D eigenvalue weighted by molar-refractivity contribution is 5.92. The molecular formula is C15H22N2O. The lowest BCUT2D eigenvalue weighted by Crippen LogP contribution is -2.40. The SMILES string of the molecule is [2H]C([2H])(N)[C@@H]1C[C@@]1(C(=O)N(CC)C([2H])([2H])C([2H])([2H])[2H])c1ccccc1. The van der Waals surface area contributed by atoms with Crippen molar-refractivity contribution in [2.24, 2.45) is 11.7 Å². The standard InChI is InChI=1S/C15H22N2O/c1-3-17(4-2)14(18)15(10-13(15)11-16)12-8-6-5-7-9-12/h5-9,13H,3-4,10-11,16H2,1-2H3/t13-,15+/m0/s1/i1D3,3D2,11D2. The molecule has 1 amide bonds. The number of benzene rings is 1. The number of nitrogens with zero attached hydrogens (tertiary/aromatic N) is 1. The van der Waals surface area contributed by atoms with Crippen molar-refractivity contribution in [2.45, 2.75) is 25.6 Å². The first-order valence-electron chi connectivity index (χ1n) is 9.46. The van der Waals surface area contributed by atoms with E-state index in [1.165, 1.54) is 6.92 Å². The fourth-order valence-corrected chi connectivity index (χ4v) is 2.39. The first-order valence-corrected chi connectivity index (χ1v) is 5.96. The van der Waals surface area contributed by atoms with Gasteiger partial charge in [-0.3, -0.25) is 4.79 Å². The number of carbonyl (C=O) groups excluding carboxylic acids is 1. The van der Waals surface area contributed by atoms with Crippen LogP contribution < -0.4 is 5.73 Å². The Morgan fingerprint density at radius 3 is 2.83 bits per heavy atom. The van der Waals surface area contributed by atoms with Gasteiger partial charge in [0.15, 0.2) is 0 Å². The van der Waals surface area contributed by atoms with Crippen molar-refractivity contribution in [1.29, 1.82) is 0 Å². The summed E-state index contributed by atoms with van der Waals surface area (Å²) in [5, 5.41) is 0. The molecule has 3 nitrogen and oxygen atoms in total. The van der Waals surface area contributed by atoms with Crippen molar-refractivity contribution in [3.05, 3.63) is 35.9 Å². The van der Waals surface area contributed by atoms with Crippen molar-refractivity contribution in [3.63, 3.8) is 0 Å². The molecule has 98 valence electrons. The van der Waals surface area contributed by atoms with E-state index in [-0.39, 0.29) is 13.0 Å². The molecule has 0 spiro atoms. The van der Waals surface area contributed by atoms with Gasteiger partial charge in [0.25, 0.3) is 0 Å². The van der Waals surface area contributed by atoms with Crippen LogP contribution >= 0.6 is 0 Å². The molecule has 0 radical (unpaired) electrons. The minimum atomic E-state index is -3.03. The molecular weight excluding hydrogens is 224 g/mol. The van der Waals surface area contributed by atoms with Gasteiger partial charge in [0.2, 0.25) is 5.91 Å². The second-order valence-corrected chi connectivity index (χ2v) is 4.42. The van der Waals surface area contributed by atoms with Gasteiger partial charge in [-0.05, 0) is 38.2 Å². The van der Waals surface area contributed by atoms with Gasteiger partial charge >= 0.3 is 0 Å². The van der Waals surface area contributed by atoms with Crippen LogP contribution in [-0.4, -0.2) is 30.3 Å². The van der Waals surface area contributed by atoms with Crippen LogP contribution in [0.5, 0.6) is 0 Å². The first kappa shape index (κ1) is 6.71. The van der Waals surface area contributed by atoms with Crippen molar-refractivity contribution in [1.82, 2.24) is 4.90 Å². The monoisotopic (exact) mass is 253 g/mol. The number of hydrogen-bond donors (Lipinski definition) is 1. The Labute approximate surface area is 119 Å². The third-order valence-electron chi connectivity index (χ3n) is 3.53. The van der Waals surface area contributed by atoms with E-state index in [1.807, 2.05) is 0 Å². The second kappa shape index (κ2) is 5.11. The van der Waals surface area contributed by atoms with Gasteiger partial charge in [-0.25, -0.2) is 0 Å². The summed E-state index contributed by atoms with van der Waals surface area (Å²) < 4.78 is 53.8. The minimum absolute atomic E-state index is 0.104.